The maximum absolute atomic E-state index is 10.9. The number of thioether (sulfide) groups is 1. The molecule has 1 unspecified atom stereocenters. The molecule has 0 aromatic carbocycles. The number of hydrogen-bond acceptors (Lipinski definition) is 2. The van der Waals surface area contributed by atoms with Crippen molar-refractivity contribution in [1.29, 1.82) is 0 Å². The first kappa shape index (κ1) is 6.74. The molecule has 2 aliphatic rings. The molecule has 0 aromatic heterocycles. The Kier molecular flexibility index (Phi) is 1.53. The number of halogens is 1. The number of carbonyl (C=O) groups is 1. The van der Waals surface area contributed by atoms with Crippen molar-refractivity contribution in [3.8, 4) is 0 Å². The first-order chi connectivity index (χ1) is 4.77. The lowest BCUT2D eigenvalue weighted by molar-refractivity contribution is -0.118. The minimum absolute atomic E-state index is 0.0838. The highest BCUT2D eigenvalue weighted by molar-refractivity contribution is 8.00. The maximum atomic E-state index is 10.9. The van der Waals surface area contributed by atoms with E-state index in [1.54, 1.807) is 11.8 Å². The van der Waals surface area contributed by atoms with Gasteiger partial charge in [0.1, 0.15) is 0 Å². The van der Waals surface area contributed by atoms with Gasteiger partial charge < -0.3 is 0 Å². The molecule has 0 saturated heterocycles. The smallest absolute Gasteiger partial charge is 0.161 e. The lowest BCUT2D eigenvalue weighted by Gasteiger charge is -2.32. The third kappa shape index (κ3) is 0.903. The standard InChI is InChI=1S/C7H7ClOS/c8-4-1-5-6(9)2-7(5)10-3-4/h1,4,7H,2-3H2/t4?,7-/m0/s1. The molecule has 54 valence electrons. The molecule has 0 amide bonds. The predicted octanol–water partition coefficient (Wildman–Crippen LogP) is 1.61. The van der Waals surface area contributed by atoms with Gasteiger partial charge in [0, 0.05) is 23.0 Å². The Morgan fingerprint density at radius 3 is 3.10 bits per heavy atom. The Bertz CT molecular complexity index is 212. The highest BCUT2D eigenvalue weighted by Gasteiger charge is 2.36. The van der Waals surface area contributed by atoms with Crippen molar-refractivity contribution in [3.63, 3.8) is 0 Å². The Morgan fingerprint density at radius 1 is 1.70 bits per heavy atom. The number of rotatable bonds is 0. The molecule has 1 aliphatic carbocycles. The van der Waals surface area contributed by atoms with E-state index in [0.717, 1.165) is 17.7 Å². The van der Waals surface area contributed by atoms with Gasteiger partial charge in [-0.05, 0) is 0 Å². The fraction of sp³-hybridized carbons (Fsp3) is 0.571. The fourth-order valence-corrected chi connectivity index (χ4v) is 2.77. The van der Waals surface area contributed by atoms with Crippen molar-refractivity contribution in [2.24, 2.45) is 0 Å². The Hall–Kier alpha value is 0.0500. The molecule has 0 bridgehead atoms. The summed E-state index contributed by atoms with van der Waals surface area (Å²) < 4.78 is 0. The van der Waals surface area contributed by atoms with Gasteiger partial charge in [-0.1, -0.05) is 6.08 Å². The third-order valence-corrected chi connectivity index (χ3v) is 3.69. The Morgan fingerprint density at radius 2 is 2.50 bits per heavy atom. The van der Waals surface area contributed by atoms with E-state index in [-0.39, 0.29) is 5.38 Å². The van der Waals surface area contributed by atoms with E-state index in [0.29, 0.717) is 11.0 Å². The Balaban J connectivity index is 2.22. The molecule has 0 aromatic rings. The van der Waals surface area contributed by atoms with Crippen molar-refractivity contribution in [3.05, 3.63) is 11.6 Å². The molecule has 1 fully saturated rings. The van der Waals surface area contributed by atoms with Crippen LogP contribution in [0.1, 0.15) is 6.42 Å². The minimum atomic E-state index is 0.0838. The van der Waals surface area contributed by atoms with Crippen molar-refractivity contribution in [2.45, 2.75) is 17.0 Å². The van der Waals surface area contributed by atoms with Crippen LogP contribution < -0.4 is 0 Å². The lowest BCUT2D eigenvalue weighted by atomic mass is 9.89. The van der Waals surface area contributed by atoms with Crippen molar-refractivity contribution >= 4 is 29.1 Å². The van der Waals surface area contributed by atoms with Crippen LogP contribution in [0.15, 0.2) is 11.6 Å². The summed E-state index contributed by atoms with van der Waals surface area (Å²) in [5.74, 6) is 1.26. The number of Topliss-reactive ketones (excluding diaryl/α,β-unsaturated/α-hetero) is 1. The molecule has 1 heterocycles. The van der Waals surface area contributed by atoms with Gasteiger partial charge in [-0.2, -0.15) is 11.8 Å². The molecule has 1 nitrogen and oxygen atoms in total. The zero-order valence-electron chi connectivity index (χ0n) is 5.34. The number of allylic oxidation sites excluding steroid dienone is 1. The van der Waals surface area contributed by atoms with E-state index in [9.17, 15) is 4.79 Å². The van der Waals surface area contributed by atoms with Crippen LogP contribution in [-0.2, 0) is 4.79 Å². The van der Waals surface area contributed by atoms with Crippen LogP contribution in [0.2, 0.25) is 0 Å². The number of ketones is 1. The van der Waals surface area contributed by atoms with E-state index < -0.39 is 0 Å². The average molecular weight is 175 g/mol. The largest absolute Gasteiger partial charge is 0.294 e. The molecule has 0 radical (unpaired) electrons. The van der Waals surface area contributed by atoms with Gasteiger partial charge in [-0.15, -0.1) is 11.6 Å². The normalized spacial score (nSPS) is 38.1. The van der Waals surface area contributed by atoms with Gasteiger partial charge in [0.2, 0.25) is 0 Å². The summed E-state index contributed by atoms with van der Waals surface area (Å²) in [6.45, 7) is 0. The molecule has 0 N–H and O–H groups in total. The molecule has 10 heavy (non-hydrogen) atoms. The third-order valence-electron chi connectivity index (χ3n) is 1.86. The van der Waals surface area contributed by atoms with E-state index in [1.807, 2.05) is 6.08 Å². The maximum Gasteiger partial charge on any atom is 0.161 e. The molecular weight excluding hydrogens is 168 g/mol. The summed E-state index contributed by atoms with van der Waals surface area (Å²) in [5, 5.41) is 0.572. The second kappa shape index (κ2) is 2.28. The van der Waals surface area contributed by atoms with Crippen molar-refractivity contribution in [2.75, 3.05) is 5.75 Å². The summed E-state index contributed by atoms with van der Waals surface area (Å²) in [6.07, 6.45) is 2.65. The first-order valence-corrected chi connectivity index (χ1v) is 4.76. The SMILES string of the molecule is O=C1C[C@@H]2SCC(Cl)C=C12. The lowest BCUT2D eigenvalue weighted by Crippen LogP contribution is -2.34. The highest BCUT2D eigenvalue weighted by Crippen LogP contribution is 2.39. The number of alkyl halides is 1. The van der Waals surface area contributed by atoms with Crippen LogP contribution in [0.3, 0.4) is 0 Å². The molecule has 1 aliphatic heterocycles. The van der Waals surface area contributed by atoms with E-state index in [4.69, 9.17) is 11.6 Å². The quantitative estimate of drug-likeness (QED) is 0.519. The van der Waals surface area contributed by atoms with Gasteiger partial charge in [-0.25, -0.2) is 0 Å². The van der Waals surface area contributed by atoms with Crippen LogP contribution in [0.5, 0.6) is 0 Å². The fourth-order valence-electron chi connectivity index (χ4n) is 1.24. The zero-order valence-corrected chi connectivity index (χ0v) is 6.91. The first-order valence-electron chi connectivity index (χ1n) is 3.28. The molecule has 3 heteroatoms. The monoisotopic (exact) mass is 174 g/mol. The highest BCUT2D eigenvalue weighted by atomic mass is 35.5. The summed E-state index contributed by atoms with van der Waals surface area (Å²) in [7, 11) is 0. The molecular formula is C7H7ClOS. The minimum Gasteiger partial charge on any atom is -0.294 e. The second-order valence-electron chi connectivity index (χ2n) is 2.59. The number of fused-ring (bicyclic) bond motifs is 1. The summed E-state index contributed by atoms with van der Waals surface area (Å²) >= 11 is 7.63. The summed E-state index contributed by atoms with van der Waals surface area (Å²) in [4.78, 5) is 10.9. The van der Waals surface area contributed by atoms with Gasteiger partial charge in [0.05, 0.1) is 5.38 Å². The van der Waals surface area contributed by atoms with Crippen molar-refractivity contribution < 1.29 is 4.79 Å². The van der Waals surface area contributed by atoms with Gasteiger partial charge in [0.25, 0.3) is 0 Å². The van der Waals surface area contributed by atoms with Crippen molar-refractivity contribution in [1.82, 2.24) is 0 Å². The zero-order chi connectivity index (χ0) is 7.14. The van der Waals surface area contributed by atoms with Crippen LogP contribution in [0, 0.1) is 0 Å². The number of hydrogen-bond donors (Lipinski definition) is 0. The average Bonchev–Trinajstić information content (AvgIpc) is 1.92. The van der Waals surface area contributed by atoms with Crippen LogP contribution in [0.25, 0.3) is 0 Å². The van der Waals surface area contributed by atoms with Crippen LogP contribution >= 0.6 is 23.4 Å². The molecule has 2 rings (SSSR count). The van der Waals surface area contributed by atoms with Crippen LogP contribution in [-0.4, -0.2) is 22.2 Å². The number of carbonyl (C=O) groups excluding carboxylic acids is 1. The summed E-state index contributed by atoms with van der Waals surface area (Å²) in [6, 6.07) is 0. The summed E-state index contributed by atoms with van der Waals surface area (Å²) in [5.41, 5.74) is 0.969. The van der Waals surface area contributed by atoms with E-state index in [2.05, 4.69) is 0 Å². The van der Waals surface area contributed by atoms with Gasteiger partial charge in [-0.3, -0.25) is 4.79 Å². The second-order valence-corrected chi connectivity index (χ2v) is 4.38. The topological polar surface area (TPSA) is 17.1 Å². The molecule has 2 atom stereocenters. The van der Waals surface area contributed by atoms with Gasteiger partial charge >= 0.3 is 0 Å². The Labute approximate surface area is 68.8 Å². The molecule has 1 saturated carbocycles. The van der Waals surface area contributed by atoms with Crippen LogP contribution in [0.4, 0.5) is 0 Å². The molecule has 0 spiro atoms. The van der Waals surface area contributed by atoms with Gasteiger partial charge in [0.15, 0.2) is 5.78 Å². The van der Waals surface area contributed by atoms with E-state index >= 15 is 0 Å². The van der Waals surface area contributed by atoms with E-state index in [1.165, 1.54) is 0 Å². The predicted molar refractivity (Wildman–Crippen MR) is 43.6 cm³/mol.